The van der Waals surface area contributed by atoms with Gasteiger partial charge in [-0.05, 0) is 12.1 Å². The highest BCUT2D eigenvalue weighted by Gasteiger charge is 2.43. The molecular formula is C26H33N9O4. The van der Waals surface area contributed by atoms with E-state index in [9.17, 15) is 4.79 Å². The molecule has 1 aromatic carbocycles. The molecule has 0 aliphatic carbocycles. The molecule has 0 spiro atoms. The molecule has 4 aliphatic heterocycles. The Morgan fingerprint density at radius 1 is 0.974 bits per heavy atom. The molecule has 1 N–H and O–H groups in total. The highest BCUT2D eigenvalue weighted by atomic mass is 16.5. The molecule has 1 amide bonds. The molecule has 6 heterocycles. The number of carbonyl (C=O) groups is 1. The number of nitrogens with one attached hydrogen (secondary N) is 1. The Hall–Kier alpha value is -3.68. The van der Waals surface area contributed by atoms with E-state index in [4.69, 9.17) is 24.2 Å². The first kappa shape index (κ1) is 24.4. The van der Waals surface area contributed by atoms with E-state index in [0.717, 1.165) is 61.9 Å². The van der Waals surface area contributed by atoms with Gasteiger partial charge >= 0.3 is 6.01 Å². The third-order valence-electron chi connectivity index (χ3n) is 8.05. The number of rotatable bonds is 5. The molecule has 0 bridgehead atoms. The summed E-state index contributed by atoms with van der Waals surface area (Å²) >= 11 is 0. The normalized spacial score (nSPS) is 22.1. The summed E-state index contributed by atoms with van der Waals surface area (Å²) in [5.41, 5.74) is 2.40. The molecule has 3 saturated heterocycles. The average Bonchev–Trinajstić information content (AvgIpc) is 3.50. The van der Waals surface area contributed by atoms with Crippen LogP contribution in [-0.2, 0) is 14.3 Å². The fourth-order valence-electron chi connectivity index (χ4n) is 5.81. The lowest BCUT2D eigenvalue weighted by atomic mass is 10.1. The number of carbonyl (C=O) groups excluding carboxylic acids is 1. The molecule has 1 unspecified atom stereocenters. The van der Waals surface area contributed by atoms with E-state index in [2.05, 4.69) is 20.1 Å². The van der Waals surface area contributed by atoms with Gasteiger partial charge in [0.25, 0.3) is 5.91 Å². The van der Waals surface area contributed by atoms with Crippen LogP contribution in [0, 0.1) is 0 Å². The fourth-order valence-corrected chi connectivity index (χ4v) is 5.81. The second kappa shape index (κ2) is 9.81. The zero-order valence-electron chi connectivity index (χ0n) is 22.2. The Balaban J connectivity index is 1.22. The summed E-state index contributed by atoms with van der Waals surface area (Å²) in [6, 6.07) is 8.60. The molecule has 0 saturated carbocycles. The average molecular weight is 536 g/mol. The molecule has 3 aromatic rings. The molecule has 1 atom stereocenters. The third-order valence-corrected chi connectivity index (χ3v) is 8.05. The van der Waals surface area contributed by atoms with E-state index in [1.807, 2.05) is 45.7 Å². The number of imidazole rings is 1. The molecule has 13 nitrogen and oxygen atoms in total. The highest BCUT2D eigenvalue weighted by Crippen LogP contribution is 2.41. The van der Waals surface area contributed by atoms with Gasteiger partial charge in [-0.2, -0.15) is 15.0 Å². The predicted octanol–water partition coefficient (Wildman–Crippen LogP) is 0.392. The molecule has 13 heteroatoms. The number of ether oxygens (including phenoxy) is 3. The van der Waals surface area contributed by atoms with Crippen LogP contribution >= 0.6 is 0 Å². The first-order valence-corrected chi connectivity index (χ1v) is 13.5. The predicted molar refractivity (Wildman–Crippen MR) is 145 cm³/mol. The quantitative estimate of drug-likeness (QED) is 0.490. The van der Waals surface area contributed by atoms with Crippen molar-refractivity contribution < 1.29 is 19.0 Å². The minimum absolute atomic E-state index is 0.0418. The van der Waals surface area contributed by atoms with Crippen molar-refractivity contribution in [2.45, 2.75) is 12.2 Å². The topological polar surface area (TPSA) is 113 Å². The van der Waals surface area contributed by atoms with Crippen LogP contribution in [0.25, 0.3) is 17.0 Å². The Kier molecular flexibility index (Phi) is 6.13. The molecule has 7 rings (SSSR count). The van der Waals surface area contributed by atoms with Crippen LogP contribution in [0.2, 0.25) is 0 Å². The molecule has 0 radical (unpaired) electrons. The van der Waals surface area contributed by atoms with E-state index >= 15 is 0 Å². The van der Waals surface area contributed by atoms with Crippen LogP contribution in [0.1, 0.15) is 0 Å². The summed E-state index contributed by atoms with van der Waals surface area (Å²) in [6.07, 6.45) is -0.559. The highest BCUT2D eigenvalue weighted by molar-refractivity contribution is 5.96. The van der Waals surface area contributed by atoms with E-state index in [1.54, 1.807) is 7.11 Å². The number of likely N-dealkylation sites (tertiary alicyclic amines) is 1. The first-order valence-electron chi connectivity index (χ1n) is 13.5. The smallest absolute Gasteiger partial charge is 0.304 e. The monoisotopic (exact) mass is 535 g/mol. The van der Waals surface area contributed by atoms with E-state index in [1.165, 1.54) is 0 Å². The lowest BCUT2D eigenvalue weighted by Crippen LogP contribution is -2.65. The Morgan fingerprint density at radius 3 is 2.41 bits per heavy atom. The number of benzene rings is 1. The maximum atomic E-state index is 13.7. The number of methoxy groups -OCH3 is 1. The number of anilines is 3. The van der Waals surface area contributed by atoms with Crippen molar-refractivity contribution in [2.75, 3.05) is 95.0 Å². The van der Waals surface area contributed by atoms with Crippen LogP contribution in [0.15, 0.2) is 24.3 Å². The van der Waals surface area contributed by atoms with Crippen molar-refractivity contribution in [2.24, 2.45) is 0 Å². The van der Waals surface area contributed by atoms with Gasteiger partial charge in [-0.15, -0.1) is 0 Å². The van der Waals surface area contributed by atoms with Crippen molar-refractivity contribution in [1.29, 1.82) is 0 Å². The zero-order valence-corrected chi connectivity index (χ0v) is 22.2. The SMILES string of the molecule is COc1nc2ccccc2n1-c1nc(N2CCOCC2)c2c(n1)N(C)C(C(=O)N1CC(N3CCOCC3)C1)N2. The summed E-state index contributed by atoms with van der Waals surface area (Å²) in [4.78, 5) is 36.7. The summed E-state index contributed by atoms with van der Waals surface area (Å²) in [6.45, 7) is 7.44. The number of amides is 1. The van der Waals surface area contributed by atoms with Crippen LogP contribution < -0.4 is 19.9 Å². The molecule has 206 valence electrons. The van der Waals surface area contributed by atoms with Crippen molar-refractivity contribution in [1.82, 2.24) is 29.3 Å². The first-order chi connectivity index (χ1) is 19.1. The van der Waals surface area contributed by atoms with Crippen molar-refractivity contribution in [3.05, 3.63) is 24.3 Å². The van der Waals surface area contributed by atoms with E-state index in [-0.39, 0.29) is 5.91 Å². The number of morpholine rings is 2. The number of likely N-dealkylation sites (N-methyl/N-ethyl adjacent to an activating group) is 1. The maximum absolute atomic E-state index is 13.7. The number of fused-ring (bicyclic) bond motifs is 2. The maximum Gasteiger partial charge on any atom is 0.304 e. The lowest BCUT2D eigenvalue weighted by Gasteiger charge is -2.47. The van der Waals surface area contributed by atoms with Gasteiger partial charge in [0.15, 0.2) is 17.8 Å². The van der Waals surface area contributed by atoms with Gasteiger partial charge in [0, 0.05) is 52.4 Å². The summed E-state index contributed by atoms with van der Waals surface area (Å²) in [5.74, 6) is 1.90. The van der Waals surface area contributed by atoms with Crippen LogP contribution in [-0.4, -0.2) is 127 Å². The number of aromatic nitrogens is 4. The van der Waals surface area contributed by atoms with E-state index < -0.39 is 6.17 Å². The van der Waals surface area contributed by atoms with Crippen molar-refractivity contribution >= 4 is 34.3 Å². The van der Waals surface area contributed by atoms with Crippen LogP contribution in [0.4, 0.5) is 17.3 Å². The molecule has 39 heavy (non-hydrogen) atoms. The zero-order chi connectivity index (χ0) is 26.5. The lowest BCUT2D eigenvalue weighted by molar-refractivity contribution is -0.140. The largest absolute Gasteiger partial charge is 0.468 e. The van der Waals surface area contributed by atoms with Gasteiger partial charge in [0.05, 0.1) is 44.6 Å². The van der Waals surface area contributed by atoms with Gasteiger partial charge in [0.1, 0.15) is 5.69 Å². The molecule has 3 fully saturated rings. The third kappa shape index (κ3) is 4.12. The molecule has 4 aliphatic rings. The van der Waals surface area contributed by atoms with E-state index in [0.29, 0.717) is 50.1 Å². The van der Waals surface area contributed by atoms with Gasteiger partial charge in [0.2, 0.25) is 5.95 Å². The summed E-state index contributed by atoms with van der Waals surface area (Å²) in [5, 5.41) is 3.47. The van der Waals surface area contributed by atoms with Crippen molar-refractivity contribution in [3.8, 4) is 12.0 Å². The number of nitrogens with zero attached hydrogens (tertiary/aromatic N) is 8. The summed E-state index contributed by atoms with van der Waals surface area (Å²) in [7, 11) is 3.50. The number of hydrogen-bond acceptors (Lipinski definition) is 11. The fraction of sp³-hybridized carbons (Fsp3) is 0.538. The number of hydrogen-bond donors (Lipinski definition) is 1. The van der Waals surface area contributed by atoms with Gasteiger partial charge in [-0.1, -0.05) is 12.1 Å². The summed E-state index contributed by atoms with van der Waals surface area (Å²) < 4.78 is 18.5. The van der Waals surface area contributed by atoms with Crippen LogP contribution in [0.3, 0.4) is 0 Å². The second-order valence-electron chi connectivity index (χ2n) is 10.3. The minimum atomic E-state index is -0.559. The van der Waals surface area contributed by atoms with Gasteiger partial charge in [-0.3, -0.25) is 9.69 Å². The second-order valence-corrected chi connectivity index (χ2v) is 10.3. The molecular weight excluding hydrogens is 502 g/mol. The Bertz CT molecular complexity index is 1380. The van der Waals surface area contributed by atoms with Crippen LogP contribution in [0.5, 0.6) is 6.01 Å². The number of para-hydroxylation sites is 2. The molecule has 2 aromatic heterocycles. The Morgan fingerprint density at radius 2 is 1.67 bits per heavy atom. The van der Waals surface area contributed by atoms with Gasteiger partial charge < -0.3 is 34.2 Å². The standard InChI is InChI=1S/C26H33N9O4/c1-31-21-20(28-23(31)24(36)34-15-17(16-34)32-7-11-38-12-8-32)22(33-9-13-39-14-10-33)30-25(29-21)35-19-6-4-3-5-18(19)27-26(35)37-2/h3-6,17,23,28H,7-16H2,1-2H3. The van der Waals surface area contributed by atoms with Crippen molar-refractivity contribution in [3.63, 3.8) is 0 Å². The van der Waals surface area contributed by atoms with Gasteiger partial charge in [-0.25, -0.2) is 4.57 Å². The minimum Gasteiger partial charge on any atom is -0.468 e. The Labute approximate surface area is 226 Å².